The molecule has 1 saturated heterocycles. The van der Waals surface area contributed by atoms with Crippen molar-refractivity contribution >= 4 is 0 Å². The number of ether oxygens (including phenoxy) is 2. The van der Waals surface area contributed by atoms with Gasteiger partial charge >= 0.3 is 5.63 Å². The summed E-state index contributed by atoms with van der Waals surface area (Å²) in [6, 6.07) is 1.73. The van der Waals surface area contributed by atoms with Crippen molar-refractivity contribution in [2.24, 2.45) is 0 Å². The zero-order valence-corrected chi connectivity index (χ0v) is 9.43. The molecule has 3 heterocycles. The van der Waals surface area contributed by atoms with Gasteiger partial charge in [-0.2, -0.15) is 0 Å². The van der Waals surface area contributed by atoms with Gasteiger partial charge in [-0.1, -0.05) is 5.92 Å². The van der Waals surface area contributed by atoms with Crippen LogP contribution in [-0.2, 0) is 11.2 Å². The van der Waals surface area contributed by atoms with E-state index in [1.807, 2.05) is 6.92 Å². The van der Waals surface area contributed by atoms with Gasteiger partial charge in [-0.25, -0.2) is 4.79 Å². The molecule has 3 atom stereocenters. The van der Waals surface area contributed by atoms with Crippen molar-refractivity contribution < 1.29 is 13.9 Å². The Balaban J connectivity index is 2.00. The molecular weight excluding hydrogens is 220 g/mol. The maximum atomic E-state index is 11.8. The number of terminal acetylenes is 1. The summed E-state index contributed by atoms with van der Waals surface area (Å²) in [7, 11) is 0. The zero-order chi connectivity index (χ0) is 12.0. The maximum Gasteiger partial charge on any atom is 0.342 e. The van der Waals surface area contributed by atoms with Crippen LogP contribution in [0.25, 0.3) is 0 Å². The molecule has 2 aliphatic rings. The molecule has 2 aliphatic heterocycles. The third kappa shape index (κ3) is 1.73. The fourth-order valence-electron chi connectivity index (χ4n) is 2.07. The summed E-state index contributed by atoms with van der Waals surface area (Å²) in [6.45, 7) is 1.93. The summed E-state index contributed by atoms with van der Waals surface area (Å²) in [4.78, 5) is 11.8. The summed E-state index contributed by atoms with van der Waals surface area (Å²) in [6.07, 6.45) is 6.31. The average Bonchev–Trinajstić information content (AvgIpc) is 3.05. The SMILES string of the molecule is C#C[C@H]1CCc2c(cc(C3OC3C)oc2=O)O1. The van der Waals surface area contributed by atoms with E-state index in [4.69, 9.17) is 20.3 Å². The molecule has 1 fully saturated rings. The van der Waals surface area contributed by atoms with E-state index in [1.165, 1.54) is 0 Å². The minimum absolute atomic E-state index is 0.100. The van der Waals surface area contributed by atoms with Crippen LogP contribution in [0, 0.1) is 12.3 Å². The van der Waals surface area contributed by atoms with Gasteiger partial charge in [-0.15, -0.1) is 6.42 Å². The summed E-state index contributed by atoms with van der Waals surface area (Å²) in [5.41, 5.74) is 0.240. The van der Waals surface area contributed by atoms with Gasteiger partial charge in [0, 0.05) is 12.5 Å². The smallest absolute Gasteiger partial charge is 0.342 e. The lowest BCUT2D eigenvalue weighted by Crippen LogP contribution is -2.25. The Morgan fingerprint density at radius 3 is 2.94 bits per heavy atom. The maximum absolute atomic E-state index is 11.8. The molecule has 0 spiro atoms. The second-order valence-corrected chi connectivity index (χ2v) is 4.35. The number of hydrogen-bond acceptors (Lipinski definition) is 4. The van der Waals surface area contributed by atoms with Gasteiger partial charge in [0.2, 0.25) is 0 Å². The van der Waals surface area contributed by atoms with Crippen LogP contribution in [0.1, 0.15) is 30.8 Å². The van der Waals surface area contributed by atoms with Gasteiger partial charge in [0.1, 0.15) is 17.6 Å². The predicted molar refractivity (Wildman–Crippen MR) is 59.8 cm³/mol. The molecule has 1 aromatic heterocycles. The van der Waals surface area contributed by atoms with Gasteiger partial charge in [0.25, 0.3) is 0 Å². The first-order valence-electron chi connectivity index (χ1n) is 5.64. The Labute approximate surface area is 98.5 Å². The number of rotatable bonds is 1. The zero-order valence-electron chi connectivity index (χ0n) is 9.43. The topological polar surface area (TPSA) is 52.0 Å². The number of epoxide rings is 1. The Morgan fingerprint density at radius 1 is 1.53 bits per heavy atom. The minimum Gasteiger partial charge on any atom is -0.477 e. The fourth-order valence-corrected chi connectivity index (χ4v) is 2.07. The molecule has 0 N–H and O–H groups in total. The highest BCUT2D eigenvalue weighted by Crippen LogP contribution is 2.39. The van der Waals surface area contributed by atoms with Gasteiger partial charge < -0.3 is 13.9 Å². The fraction of sp³-hybridized carbons (Fsp3) is 0.462. The summed E-state index contributed by atoms with van der Waals surface area (Å²) in [5, 5.41) is 0. The van der Waals surface area contributed by atoms with Crippen molar-refractivity contribution in [2.45, 2.75) is 38.1 Å². The van der Waals surface area contributed by atoms with Crippen molar-refractivity contribution in [1.29, 1.82) is 0 Å². The molecule has 0 saturated carbocycles. The largest absolute Gasteiger partial charge is 0.477 e. The minimum atomic E-state index is -0.337. The van der Waals surface area contributed by atoms with Gasteiger partial charge in [-0.05, 0) is 13.3 Å². The van der Waals surface area contributed by atoms with Gasteiger partial charge in [0.15, 0.2) is 6.10 Å². The summed E-state index contributed by atoms with van der Waals surface area (Å²) >= 11 is 0. The van der Waals surface area contributed by atoms with Crippen LogP contribution in [0.2, 0.25) is 0 Å². The third-order valence-corrected chi connectivity index (χ3v) is 3.13. The molecule has 17 heavy (non-hydrogen) atoms. The third-order valence-electron chi connectivity index (χ3n) is 3.13. The standard InChI is InChI=1S/C13H12O4/c1-3-8-4-5-9-10(16-8)6-11(17-13(9)14)12-7(2)15-12/h1,6-8,12H,4-5H2,2H3/t7?,8-,12?/m0/s1. The van der Waals surface area contributed by atoms with Crippen LogP contribution in [0.5, 0.6) is 5.75 Å². The van der Waals surface area contributed by atoms with Gasteiger partial charge in [-0.3, -0.25) is 0 Å². The van der Waals surface area contributed by atoms with Crippen LogP contribution < -0.4 is 10.4 Å². The van der Waals surface area contributed by atoms with Gasteiger partial charge in [0.05, 0.1) is 11.7 Å². The average molecular weight is 232 g/mol. The van der Waals surface area contributed by atoms with E-state index < -0.39 is 0 Å². The summed E-state index contributed by atoms with van der Waals surface area (Å²) < 4.78 is 16.1. The van der Waals surface area contributed by atoms with E-state index in [0.717, 1.165) is 0 Å². The van der Waals surface area contributed by atoms with Crippen LogP contribution in [0.3, 0.4) is 0 Å². The van der Waals surface area contributed by atoms with Crippen molar-refractivity contribution in [2.75, 3.05) is 0 Å². The molecule has 4 heteroatoms. The Hall–Kier alpha value is -1.73. The number of fused-ring (bicyclic) bond motifs is 1. The van der Waals surface area contributed by atoms with E-state index >= 15 is 0 Å². The lowest BCUT2D eigenvalue weighted by Gasteiger charge is -2.21. The van der Waals surface area contributed by atoms with E-state index in [2.05, 4.69) is 5.92 Å². The highest BCUT2D eigenvalue weighted by atomic mass is 16.6. The van der Waals surface area contributed by atoms with E-state index in [0.29, 0.717) is 29.9 Å². The Kier molecular flexibility index (Phi) is 2.23. The molecule has 1 aromatic rings. The molecule has 0 aromatic carbocycles. The van der Waals surface area contributed by atoms with Crippen molar-refractivity contribution in [3.05, 3.63) is 27.8 Å². The monoisotopic (exact) mass is 232 g/mol. The molecule has 0 aliphatic carbocycles. The second-order valence-electron chi connectivity index (χ2n) is 4.35. The molecule has 2 unspecified atom stereocenters. The molecular formula is C13H12O4. The van der Waals surface area contributed by atoms with Crippen molar-refractivity contribution in [3.8, 4) is 18.1 Å². The molecule has 3 rings (SSSR count). The van der Waals surface area contributed by atoms with Crippen LogP contribution >= 0.6 is 0 Å². The Bertz CT molecular complexity index is 552. The number of hydrogen-bond donors (Lipinski definition) is 0. The Morgan fingerprint density at radius 2 is 2.29 bits per heavy atom. The quantitative estimate of drug-likeness (QED) is 0.543. The molecule has 4 nitrogen and oxygen atoms in total. The van der Waals surface area contributed by atoms with E-state index in [1.54, 1.807) is 6.07 Å². The van der Waals surface area contributed by atoms with Crippen LogP contribution in [0.4, 0.5) is 0 Å². The van der Waals surface area contributed by atoms with E-state index in [-0.39, 0.29) is 23.9 Å². The molecule has 88 valence electrons. The highest BCUT2D eigenvalue weighted by Gasteiger charge is 2.39. The normalized spacial score (nSPS) is 30.0. The first-order valence-corrected chi connectivity index (χ1v) is 5.64. The van der Waals surface area contributed by atoms with Crippen molar-refractivity contribution in [1.82, 2.24) is 0 Å². The first kappa shape index (κ1) is 10.4. The first-order chi connectivity index (χ1) is 8.19. The summed E-state index contributed by atoms with van der Waals surface area (Å²) in [5.74, 6) is 3.63. The van der Waals surface area contributed by atoms with Crippen LogP contribution in [0.15, 0.2) is 15.3 Å². The molecule has 0 amide bonds. The lowest BCUT2D eigenvalue weighted by molar-refractivity contribution is 0.219. The molecule has 0 radical (unpaired) electrons. The molecule has 0 bridgehead atoms. The van der Waals surface area contributed by atoms with E-state index in [9.17, 15) is 4.79 Å². The predicted octanol–water partition coefficient (Wildman–Crippen LogP) is 1.43. The lowest BCUT2D eigenvalue weighted by atomic mass is 10.0. The second kappa shape index (κ2) is 3.64. The highest BCUT2D eigenvalue weighted by molar-refractivity contribution is 5.36. The van der Waals surface area contributed by atoms with Crippen LogP contribution in [-0.4, -0.2) is 12.2 Å². The van der Waals surface area contributed by atoms with Crippen molar-refractivity contribution in [3.63, 3.8) is 0 Å².